The van der Waals surface area contributed by atoms with Crippen LogP contribution in [0.1, 0.15) is 27.6 Å². The van der Waals surface area contributed by atoms with Crippen molar-refractivity contribution in [1.82, 2.24) is 19.5 Å². The van der Waals surface area contributed by atoms with Crippen LogP contribution in [0.2, 0.25) is 0 Å². The SMILES string of the molecule is Cc1nc(C)n(-c2ncc(NC(=O)c3ccccc3Br)cn2)c1C. The minimum Gasteiger partial charge on any atom is -0.319 e. The number of hydrogen-bond donors (Lipinski definition) is 1. The summed E-state index contributed by atoms with van der Waals surface area (Å²) in [6.07, 6.45) is 3.18. The Hall–Kier alpha value is -2.54. The Labute approximate surface area is 148 Å². The number of hydrogen-bond acceptors (Lipinski definition) is 4. The highest BCUT2D eigenvalue weighted by Gasteiger charge is 2.13. The van der Waals surface area contributed by atoms with Crippen molar-refractivity contribution in [2.24, 2.45) is 0 Å². The van der Waals surface area contributed by atoms with Gasteiger partial charge in [-0.1, -0.05) is 12.1 Å². The van der Waals surface area contributed by atoms with Crippen molar-refractivity contribution in [3.05, 3.63) is 63.9 Å². The molecule has 0 spiro atoms. The average molecular weight is 386 g/mol. The van der Waals surface area contributed by atoms with Crippen LogP contribution < -0.4 is 5.32 Å². The van der Waals surface area contributed by atoms with E-state index in [1.807, 2.05) is 43.5 Å². The summed E-state index contributed by atoms with van der Waals surface area (Å²) >= 11 is 3.37. The minimum atomic E-state index is -0.218. The molecule has 1 aromatic carbocycles. The van der Waals surface area contributed by atoms with Crippen LogP contribution in [0, 0.1) is 20.8 Å². The number of nitrogens with one attached hydrogen (secondary N) is 1. The van der Waals surface area contributed by atoms with Gasteiger partial charge in [-0.3, -0.25) is 9.36 Å². The van der Waals surface area contributed by atoms with Crippen molar-refractivity contribution < 1.29 is 4.79 Å². The summed E-state index contributed by atoms with van der Waals surface area (Å²) in [5.74, 6) is 1.14. The maximum atomic E-state index is 12.3. The van der Waals surface area contributed by atoms with Crippen molar-refractivity contribution in [3.8, 4) is 5.95 Å². The molecule has 2 heterocycles. The largest absolute Gasteiger partial charge is 0.319 e. The van der Waals surface area contributed by atoms with Gasteiger partial charge in [0.15, 0.2) is 0 Å². The molecule has 6 nitrogen and oxygen atoms in total. The maximum Gasteiger partial charge on any atom is 0.256 e. The molecule has 3 aromatic rings. The first-order chi connectivity index (χ1) is 11.5. The van der Waals surface area contributed by atoms with E-state index in [2.05, 4.69) is 36.2 Å². The third kappa shape index (κ3) is 3.07. The Morgan fingerprint density at radius 1 is 1.12 bits per heavy atom. The summed E-state index contributed by atoms with van der Waals surface area (Å²) in [5, 5.41) is 2.79. The summed E-state index contributed by atoms with van der Waals surface area (Å²) in [4.78, 5) is 25.4. The van der Waals surface area contributed by atoms with E-state index in [4.69, 9.17) is 0 Å². The monoisotopic (exact) mass is 385 g/mol. The highest BCUT2D eigenvalue weighted by molar-refractivity contribution is 9.10. The fraction of sp³-hybridized carbons (Fsp3) is 0.176. The molecule has 0 saturated carbocycles. The molecule has 24 heavy (non-hydrogen) atoms. The van der Waals surface area contributed by atoms with Gasteiger partial charge in [0.2, 0.25) is 5.95 Å². The van der Waals surface area contributed by atoms with Crippen molar-refractivity contribution in [1.29, 1.82) is 0 Å². The van der Waals surface area contributed by atoms with Gasteiger partial charge in [0.05, 0.1) is 29.3 Å². The molecule has 0 saturated heterocycles. The highest BCUT2D eigenvalue weighted by Crippen LogP contribution is 2.18. The third-order valence-corrected chi connectivity index (χ3v) is 4.42. The number of aromatic nitrogens is 4. The molecule has 0 unspecified atom stereocenters. The lowest BCUT2D eigenvalue weighted by Crippen LogP contribution is -2.13. The van der Waals surface area contributed by atoms with Gasteiger partial charge in [-0.2, -0.15) is 0 Å². The predicted octanol–water partition coefficient (Wildman–Crippen LogP) is 3.60. The van der Waals surface area contributed by atoms with Gasteiger partial charge in [0.25, 0.3) is 5.91 Å². The summed E-state index contributed by atoms with van der Waals surface area (Å²) in [7, 11) is 0. The lowest BCUT2D eigenvalue weighted by molar-refractivity contribution is 0.102. The zero-order valence-electron chi connectivity index (χ0n) is 13.5. The van der Waals surface area contributed by atoms with Gasteiger partial charge >= 0.3 is 0 Å². The number of halogens is 1. The number of anilines is 1. The number of carbonyl (C=O) groups is 1. The number of rotatable bonds is 3. The minimum absolute atomic E-state index is 0.218. The fourth-order valence-electron chi connectivity index (χ4n) is 2.42. The number of carbonyl (C=O) groups excluding carboxylic acids is 1. The van der Waals surface area contributed by atoms with Crippen LogP contribution in [-0.2, 0) is 0 Å². The van der Waals surface area contributed by atoms with Crippen molar-refractivity contribution in [3.63, 3.8) is 0 Å². The fourth-order valence-corrected chi connectivity index (χ4v) is 2.88. The quantitative estimate of drug-likeness (QED) is 0.747. The summed E-state index contributed by atoms with van der Waals surface area (Å²) in [5.41, 5.74) is 3.03. The normalized spacial score (nSPS) is 10.7. The van der Waals surface area contributed by atoms with E-state index in [1.165, 1.54) is 0 Å². The second-order valence-corrected chi connectivity index (χ2v) is 6.23. The number of benzene rings is 1. The van der Waals surface area contributed by atoms with Crippen LogP contribution >= 0.6 is 15.9 Å². The van der Waals surface area contributed by atoms with Gasteiger partial charge in [-0.05, 0) is 48.8 Å². The van der Waals surface area contributed by atoms with Crippen LogP contribution in [0.3, 0.4) is 0 Å². The predicted molar refractivity (Wildman–Crippen MR) is 95.5 cm³/mol. The Morgan fingerprint density at radius 3 is 2.38 bits per heavy atom. The van der Waals surface area contributed by atoms with Gasteiger partial charge in [-0.15, -0.1) is 0 Å². The molecule has 2 aromatic heterocycles. The van der Waals surface area contributed by atoms with Crippen LogP contribution in [0.15, 0.2) is 41.1 Å². The molecule has 0 aliphatic heterocycles. The summed E-state index contributed by atoms with van der Waals surface area (Å²) in [6, 6.07) is 7.24. The first-order valence-corrected chi connectivity index (χ1v) is 8.17. The second-order valence-electron chi connectivity index (χ2n) is 5.37. The van der Waals surface area contributed by atoms with E-state index in [-0.39, 0.29) is 5.91 Å². The first-order valence-electron chi connectivity index (χ1n) is 7.38. The molecular formula is C17H16BrN5O. The molecule has 0 bridgehead atoms. The first kappa shape index (κ1) is 16.3. The van der Waals surface area contributed by atoms with Crippen molar-refractivity contribution >= 4 is 27.5 Å². The lowest BCUT2D eigenvalue weighted by Gasteiger charge is -2.08. The van der Waals surface area contributed by atoms with Gasteiger partial charge in [0, 0.05) is 10.2 Å². The summed E-state index contributed by atoms with van der Waals surface area (Å²) in [6.45, 7) is 5.83. The van der Waals surface area contributed by atoms with E-state index in [1.54, 1.807) is 18.5 Å². The summed E-state index contributed by atoms with van der Waals surface area (Å²) < 4.78 is 2.62. The van der Waals surface area contributed by atoms with Crippen molar-refractivity contribution in [2.75, 3.05) is 5.32 Å². The molecule has 1 N–H and O–H groups in total. The second kappa shape index (κ2) is 6.52. The van der Waals surface area contributed by atoms with E-state index in [0.717, 1.165) is 21.7 Å². The molecule has 1 amide bonds. The van der Waals surface area contributed by atoms with E-state index in [0.29, 0.717) is 17.2 Å². The molecule has 7 heteroatoms. The van der Waals surface area contributed by atoms with Crippen LogP contribution in [0.4, 0.5) is 5.69 Å². The number of imidazole rings is 1. The van der Waals surface area contributed by atoms with Gasteiger partial charge < -0.3 is 5.32 Å². The lowest BCUT2D eigenvalue weighted by atomic mass is 10.2. The molecule has 122 valence electrons. The third-order valence-electron chi connectivity index (χ3n) is 3.73. The standard InChI is InChI=1S/C17H16BrN5O/c1-10-11(2)23(12(3)21-10)17-19-8-13(9-20-17)22-16(24)14-6-4-5-7-15(14)18/h4-9H,1-3H3,(H,22,24). The van der Waals surface area contributed by atoms with Gasteiger partial charge in [-0.25, -0.2) is 15.0 Å². The molecule has 0 atom stereocenters. The Balaban J connectivity index is 1.83. The molecule has 0 fully saturated rings. The maximum absolute atomic E-state index is 12.3. The number of aryl methyl sites for hydroxylation is 2. The molecule has 0 aliphatic carbocycles. The van der Waals surface area contributed by atoms with E-state index in [9.17, 15) is 4.79 Å². The smallest absolute Gasteiger partial charge is 0.256 e. The van der Waals surface area contributed by atoms with Gasteiger partial charge in [0.1, 0.15) is 5.82 Å². The van der Waals surface area contributed by atoms with Crippen LogP contribution in [0.5, 0.6) is 0 Å². The molecular weight excluding hydrogens is 370 g/mol. The zero-order valence-corrected chi connectivity index (χ0v) is 15.1. The topological polar surface area (TPSA) is 72.7 Å². The number of nitrogens with zero attached hydrogens (tertiary/aromatic N) is 4. The Kier molecular flexibility index (Phi) is 4.44. The highest BCUT2D eigenvalue weighted by atomic mass is 79.9. The average Bonchev–Trinajstić information content (AvgIpc) is 2.81. The molecule has 0 aliphatic rings. The van der Waals surface area contributed by atoms with Crippen LogP contribution in [0.25, 0.3) is 5.95 Å². The van der Waals surface area contributed by atoms with E-state index >= 15 is 0 Å². The van der Waals surface area contributed by atoms with E-state index < -0.39 is 0 Å². The molecule has 3 rings (SSSR count). The molecule has 0 radical (unpaired) electrons. The van der Waals surface area contributed by atoms with Crippen LogP contribution in [-0.4, -0.2) is 25.4 Å². The zero-order chi connectivity index (χ0) is 17.3. The number of amides is 1. The Bertz CT molecular complexity index is 902. The van der Waals surface area contributed by atoms with Crippen molar-refractivity contribution in [2.45, 2.75) is 20.8 Å². The Morgan fingerprint density at radius 2 is 1.79 bits per heavy atom.